The van der Waals surface area contributed by atoms with Crippen LogP contribution < -0.4 is 4.57 Å². The van der Waals surface area contributed by atoms with E-state index in [2.05, 4.69) is 0 Å². The van der Waals surface area contributed by atoms with Crippen molar-refractivity contribution in [1.29, 1.82) is 0 Å². The van der Waals surface area contributed by atoms with Crippen LogP contribution >= 0.6 is 23.5 Å². The molecule has 1 saturated carbocycles. The zero-order valence-electron chi connectivity index (χ0n) is 19.4. The van der Waals surface area contributed by atoms with E-state index in [0.717, 1.165) is 0 Å². The van der Waals surface area contributed by atoms with Crippen molar-refractivity contribution >= 4 is 33.3 Å². The Labute approximate surface area is 212 Å². The number of hydrogen-bond acceptors (Lipinski definition) is 2. The maximum absolute atomic E-state index is 15.4. The maximum Gasteiger partial charge on any atom is 0.380 e. The molecule has 9 heteroatoms. The number of benzene rings is 1. The molecule has 0 bridgehead atoms. The number of aromatic nitrogens is 1. The fourth-order valence-corrected chi connectivity index (χ4v) is 8.60. The molecular weight excluding hydrogens is 516 g/mol. The summed E-state index contributed by atoms with van der Waals surface area (Å²) in [4.78, 5) is 1.16. The van der Waals surface area contributed by atoms with Crippen molar-refractivity contribution in [1.82, 2.24) is 0 Å². The Bertz CT molecular complexity index is 1440. The van der Waals surface area contributed by atoms with Crippen LogP contribution in [0.2, 0.25) is 0 Å². The van der Waals surface area contributed by atoms with Gasteiger partial charge >= 0.3 is 17.8 Å². The van der Waals surface area contributed by atoms with Crippen LogP contribution in [-0.4, -0.2) is 27.3 Å². The molecule has 0 radical (unpaired) electrons. The molecule has 1 nitrogen and oxygen atoms in total. The van der Waals surface area contributed by atoms with E-state index in [0.29, 0.717) is 20.9 Å². The zero-order chi connectivity index (χ0) is 25.9. The van der Waals surface area contributed by atoms with Gasteiger partial charge < -0.3 is 0 Å². The fourth-order valence-electron chi connectivity index (χ4n) is 5.46. The van der Waals surface area contributed by atoms with Crippen molar-refractivity contribution in [3.63, 3.8) is 0 Å². The molecule has 1 aromatic heterocycles. The molecular formula is C27H20F6NS2+. The molecule has 2 aliphatic carbocycles. The predicted octanol–water partition coefficient (Wildman–Crippen LogP) is 7.43. The summed E-state index contributed by atoms with van der Waals surface area (Å²) in [5.41, 5.74) is -1.37. The van der Waals surface area contributed by atoms with E-state index in [9.17, 15) is 8.78 Å². The van der Waals surface area contributed by atoms with Crippen molar-refractivity contribution in [3.05, 3.63) is 100 Å². The molecule has 0 N–H and O–H groups in total. The summed E-state index contributed by atoms with van der Waals surface area (Å²) in [6.07, 6.45) is 6.37. The Hall–Kier alpha value is -2.39. The van der Waals surface area contributed by atoms with Gasteiger partial charge in [-0.2, -0.15) is 26.3 Å². The number of allylic oxidation sites excluding steroid dienone is 4. The standard InChI is InChI=1S/C27H20F6NS2/c1-23-17(13-19(35-23)15-7-5-4-6-8-15)21-22(26(30,31)27(32,33)25(21,28)29)18-14-20(36-24(18,23)2)16-9-11-34(3)12-10-16/h4-14H,1-3H3/q+1/t23-,24-/m1/s1. The van der Waals surface area contributed by atoms with Gasteiger partial charge in [0, 0.05) is 33.1 Å². The van der Waals surface area contributed by atoms with Crippen molar-refractivity contribution in [2.45, 2.75) is 41.1 Å². The summed E-state index contributed by atoms with van der Waals surface area (Å²) < 4.78 is 90.5. The average Bonchev–Trinajstić information content (AvgIpc) is 3.40. The Morgan fingerprint density at radius 2 is 1.06 bits per heavy atom. The molecule has 0 saturated heterocycles. The number of nitrogens with zero attached hydrogens (tertiary/aromatic N) is 1. The number of rotatable bonds is 2. The average molecular weight is 537 g/mol. The molecule has 3 heterocycles. The zero-order valence-corrected chi connectivity index (χ0v) is 21.0. The van der Waals surface area contributed by atoms with Crippen LogP contribution in [0.3, 0.4) is 0 Å². The number of thioether (sulfide) groups is 2. The topological polar surface area (TPSA) is 3.88 Å². The van der Waals surface area contributed by atoms with E-state index < -0.39 is 38.4 Å². The van der Waals surface area contributed by atoms with E-state index >= 15 is 17.6 Å². The lowest BCUT2D eigenvalue weighted by atomic mass is 9.71. The van der Waals surface area contributed by atoms with Crippen LogP contribution in [0.4, 0.5) is 26.3 Å². The van der Waals surface area contributed by atoms with Gasteiger partial charge in [0.25, 0.3) is 0 Å². The molecule has 1 fully saturated rings. The van der Waals surface area contributed by atoms with Crippen LogP contribution in [0.25, 0.3) is 9.81 Å². The van der Waals surface area contributed by atoms with E-state index in [1.54, 1.807) is 73.3 Å². The minimum Gasteiger partial charge on any atom is -0.208 e. The Kier molecular flexibility index (Phi) is 4.75. The SMILES string of the molecule is C[n+]1ccc(C2=CC3=C4C(=C5C=C(c6ccccc6)S[C@@]5(C)[C@]3(C)S2)C(F)(F)C(F)(F)C4(F)F)cc1. The Morgan fingerprint density at radius 3 is 1.50 bits per heavy atom. The van der Waals surface area contributed by atoms with Gasteiger partial charge in [-0.3, -0.25) is 0 Å². The first kappa shape index (κ1) is 24.0. The van der Waals surface area contributed by atoms with Gasteiger partial charge in [0.1, 0.15) is 7.05 Å². The highest BCUT2D eigenvalue weighted by Crippen LogP contribution is 2.75. The highest BCUT2D eigenvalue weighted by Gasteiger charge is 2.84. The van der Waals surface area contributed by atoms with Gasteiger partial charge in [0.05, 0.1) is 9.49 Å². The number of fused-ring (bicyclic) bond motifs is 4. The lowest BCUT2D eigenvalue weighted by Gasteiger charge is -2.47. The molecule has 2 aromatic rings. The minimum atomic E-state index is -5.55. The van der Waals surface area contributed by atoms with Gasteiger partial charge in [-0.25, -0.2) is 4.57 Å². The van der Waals surface area contributed by atoms with Gasteiger partial charge in [-0.05, 0) is 48.3 Å². The summed E-state index contributed by atoms with van der Waals surface area (Å²) in [5.74, 6) is -15.6. The second-order valence-corrected chi connectivity index (χ2v) is 12.6. The molecule has 1 aromatic carbocycles. The number of aryl methyl sites for hydroxylation is 1. The fraction of sp³-hybridized carbons (Fsp3) is 0.296. The number of hydrogen-bond donors (Lipinski definition) is 0. The van der Waals surface area contributed by atoms with Crippen LogP contribution in [0.5, 0.6) is 0 Å². The first-order valence-corrected chi connectivity index (χ1v) is 12.9. The largest absolute Gasteiger partial charge is 0.380 e. The summed E-state index contributed by atoms with van der Waals surface area (Å²) >= 11 is 2.52. The van der Waals surface area contributed by atoms with Crippen LogP contribution in [0.15, 0.2) is 89.3 Å². The van der Waals surface area contributed by atoms with E-state index in [1.807, 2.05) is 7.05 Å². The predicted molar refractivity (Wildman–Crippen MR) is 131 cm³/mol. The molecule has 0 unspecified atom stereocenters. The van der Waals surface area contributed by atoms with Gasteiger partial charge in [0.15, 0.2) is 12.4 Å². The Balaban J connectivity index is 1.66. The summed E-state index contributed by atoms with van der Waals surface area (Å²) in [7, 11) is 1.82. The molecule has 4 aliphatic rings. The van der Waals surface area contributed by atoms with Crippen LogP contribution in [0, 0.1) is 0 Å². The third-order valence-electron chi connectivity index (χ3n) is 7.64. The van der Waals surface area contributed by atoms with Crippen molar-refractivity contribution in [2.24, 2.45) is 7.05 Å². The second-order valence-electron chi connectivity index (χ2n) is 9.71. The molecule has 6 rings (SSSR count). The lowest BCUT2D eigenvalue weighted by Crippen LogP contribution is -2.48. The van der Waals surface area contributed by atoms with Crippen molar-refractivity contribution in [3.8, 4) is 0 Å². The normalized spacial score (nSPS) is 31.1. The first-order chi connectivity index (χ1) is 16.8. The number of pyridine rings is 1. The first-order valence-electron chi connectivity index (χ1n) is 11.2. The van der Waals surface area contributed by atoms with Gasteiger partial charge in [0.2, 0.25) is 0 Å². The summed E-state index contributed by atoms with van der Waals surface area (Å²) in [5, 5.41) is 0. The number of alkyl halides is 6. The smallest absolute Gasteiger partial charge is 0.208 e. The lowest BCUT2D eigenvalue weighted by molar-refractivity contribution is -0.671. The van der Waals surface area contributed by atoms with Crippen molar-refractivity contribution in [2.75, 3.05) is 0 Å². The van der Waals surface area contributed by atoms with Gasteiger partial charge in [-0.1, -0.05) is 30.3 Å². The van der Waals surface area contributed by atoms with Crippen LogP contribution in [-0.2, 0) is 7.05 Å². The monoisotopic (exact) mass is 536 g/mol. The van der Waals surface area contributed by atoms with Gasteiger partial charge in [-0.15, -0.1) is 23.5 Å². The van der Waals surface area contributed by atoms with E-state index in [4.69, 9.17) is 0 Å². The minimum absolute atomic E-state index is 0.156. The van der Waals surface area contributed by atoms with E-state index in [-0.39, 0.29) is 11.1 Å². The second kappa shape index (κ2) is 7.13. The molecule has 0 spiro atoms. The molecule has 36 heavy (non-hydrogen) atoms. The molecule has 0 amide bonds. The van der Waals surface area contributed by atoms with Crippen molar-refractivity contribution < 1.29 is 30.9 Å². The number of halogens is 6. The summed E-state index contributed by atoms with van der Waals surface area (Å²) in [6.45, 7) is 3.39. The highest BCUT2D eigenvalue weighted by molar-refractivity contribution is 8.14. The molecule has 2 aliphatic heterocycles. The third kappa shape index (κ3) is 2.71. The molecule has 2 atom stereocenters. The quantitative estimate of drug-likeness (QED) is 0.290. The van der Waals surface area contributed by atoms with Crippen LogP contribution in [0.1, 0.15) is 25.0 Å². The maximum atomic E-state index is 15.4. The van der Waals surface area contributed by atoms with E-state index in [1.165, 1.54) is 35.7 Å². The Morgan fingerprint density at radius 1 is 0.639 bits per heavy atom. The third-order valence-corrected chi connectivity index (χ3v) is 11.0. The molecule has 186 valence electrons. The summed E-state index contributed by atoms with van der Waals surface area (Å²) in [6, 6.07) is 12.5. The highest BCUT2D eigenvalue weighted by atomic mass is 32.2.